The second kappa shape index (κ2) is 4.10. The van der Waals surface area contributed by atoms with Crippen LogP contribution in [0.3, 0.4) is 0 Å². The zero-order valence-electron chi connectivity index (χ0n) is 10.3. The van der Waals surface area contributed by atoms with Crippen molar-refractivity contribution in [1.29, 1.82) is 0 Å². The number of aliphatic hydroxyl groups excluding tert-OH is 1. The SMILES string of the molecule is CC(C)N1C(=O)C(CO)N(C)CC1(C)C. The average molecular weight is 214 g/mol. The van der Waals surface area contributed by atoms with E-state index in [1.807, 2.05) is 30.7 Å². The first-order valence-electron chi connectivity index (χ1n) is 5.45. The van der Waals surface area contributed by atoms with Crippen LogP contribution in [-0.2, 0) is 4.79 Å². The van der Waals surface area contributed by atoms with Crippen molar-refractivity contribution in [2.45, 2.75) is 45.3 Å². The summed E-state index contributed by atoms with van der Waals surface area (Å²) in [6.45, 7) is 8.85. The molecule has 1 rings (SSSR count). The summed E-state index contributed by atoms with van der Waals surface area (Å²) in [6, 6.07) is -0.198. The number of piperazine rings is 1. The van der Waals surface area contributed by atoms with Crippen molar-refractivity contribution in [1.82, 2.24) is 9.80 Å². The maximum Gasteiger partial charge on any atom is 0.243 e. The Morgan fingerprint density at radius 3 is 2.47 bits per heavy atom. The van der Waals surface area contributed by atoms with E-state index in [-0.39, 0.29) is 30.1 Å². The lowest BCUT2D eigenvalue weighted by atomic mass is 9.94. The van der Waals surface area contributed by atoms with Crippen LogP contribution < -0.4 is 0 Å². The Morgan fingerprint density at radius 2 is 2.07 bits per heavy atom. The lowest BCUT2D eigenvalue weighted by Gasteiger charge is -2.51. The number of hydrogen-bond acceptors (Lipinski definition) is 3. The van der Waals surface area contributed by atoms with Crippen LogP contribution in [0.2, 0.25) is 0 Å². The number of carbonyl (C=O) groups is 1. The zero-order chi connectivity index (χ0) is 11.8. The normalized spacial score (nSPS) is 27.5. The highest BCUT2D eigenvalue weighted by Crippen LogP contribution is 2.26. The van der Waals surface area contributed by atoms with Crippen LogP contribution in [0.5, 0.6) is 0 Å². The van der Waals surface area contributed by atoms with E-state index in [1.54, 1.807) is 0 Å². The van der Waals surface area contributed by atoms with E-state index in [0.717, 1.165) is 6.54 Å². The van der Waals surface area contributed by atoms with Gasteiger partial charge in [-0.2, -0.15) is 0 Å². The van der Waals surface area contributed by atoms with Gasteiger partial charge in [0.1, 0.15) is 6.04 Å². The highest BCUT2D eigenvalue weighted by atomic mass is 16.3. The van der Waals surface area contributed by atoms with E-state index in [0.29, 0.717) is 0 Å². The summed E-state index contributed by atoms with van der Waals surface area (Å²) in [4.78, 5) is 16.0. The van der Waals surface area contributed by atoms with Crippen LogP contribution in [0, 0.1) is 0 Å². The number of amides is 1. The summed E-state index contributed by atoms with van der Waals surface area (Å²) in [5.74, 6) is 0.0336. The van der Waals surface area contributed by atoms with Crippen LogP contribution in [-0.4, -0.2) is 58.6 Å². The van der Waals surface area contributed by atoms with Gasteiger partial charge in [0.05, 0.1) is 12.1 Å². The van der Waals surface area contributed by atoms with Crippen molar-refractivity contribution in [3.63, 3.8) is 0 Å². The predicted molar refractivity (Wildman–Crippen MR) is 59.6 cm³/mol. The first-order chi connectivity index (χ1) is 6.81. The standard InChI is InChI=1S/C11H22N2O2/c1-8(2)13-10(15)9(6-14)12(5)7-11(13,3)4/h8-9,14H,6-7H2,1-5H3. The van der Waals surface area contributed by atoms with Gasteiger partial charge in [0.2, 0.25) is 5.91 Å². The summed E-state index contributed by atoms with van der Waals surface area (Å²) in [5.41, 5.74) is -0.161. The minimum Gasteiger partial charge on any atom is -0.394 e. The largest absolute Gasteiger partial charge is 0.394 e. The first-order valence-corrected chi connectivity index (χ1v) is 5.45. The van der Waals surface area contributed by atoms with Gasteiger partial charge in [0, 0.05) is 12.6 Å². The third kappa shape index (κ3) is 2.16. The summed E-state index contributed by atoms with van der Waals surface area (Å²) >= 11 is 0. The van der Waals surface area contributed by atoms with Crippen LogP contribution >= 0.6 is 0 Å². The minimum atomic E-state index is -0.375. The van der Waals surface area contributed by atoms with Crippen LogP contribution in [0.1, 0.15) is 27.7 Å². The van der Waals surface area contributed by atoms with Gasteiger partial charge in [0.15, 0.2) is 0 Å². The topological polar surface area (TPSA) is 43.8 Å². The van der Waals surface area contributed by atoms with Crippen molar-refractivity contribution >= 4 is 5.91 Å². The number of carbonyl (C=O) groups excluding carboxylic acids is 1. The van der Waals surface area contributed by atoms with E-state index >= 15 is 0 Å². The molecule has 4 heteroatoms. The Morgan fingerprint density at radius 1 is 1.53 bits per heavy atom. The Bertz CT molecular complexity index is 251. The number of hydrogen-bond donors (Lipinski definition) is 1. The number of nitrogens with zero attached hydrogens (tertiary/aromatic N) is 2. The van der Waals surface area contributed by atoms with E-state index in [4.69, 9.17) is 0 Å². The van der Waals surface area contributed by atoms with Crippen molar-refractivity contribution in [3.05, 3.63) is 0 Å². The summed E-state index contributed by atoms with van der Waals surface area (Å²) < 4.78 is 0. The second-order valence-electron chi connectivity index (χ2n) is 5.23. The van der Waals surface area contributed by atoms with E-state index in [1.165, 1.54) is 0 Å². The molecule has 0 aromatic carbocycles. The Kier molecular flexibility index (Phi) is 3.41. The maximum absolute atomic E-state index is 12.1. The van der Waals surface area contributed by atoms with Gasteiger partial charge < -0.3 is 10.0 Å². The van der Waals surface area contributed by atoms with Crippen molar-refractivity contribution in [2.75, 3.05) is 20.2 Å². The molecule has 0 aromatic rings. The number of likely N-dealkylation sites (N-methyl/N-ethyl adjacent to an activating group) is 1. The smallest absolute Gasteiger partial charge is 0.243 e. The molecule has 1 saturated heterocycles. The second-order valence-corrected chi connectivity index (χ2v) is 5.23. The fraction of sp³-hybridized carbons (Fsp3) is 0.909. The van der Waals surface area contributed by atoms with E-state index < -0.39 is 0 Å². The Balaban J connectivity index is 2.98. The molecular weight excluding hydrogens is 192 g/mol. The Labute approximate surface area is 91.9 Å². The fourth-order valence-electron chi connectivity index (χ4n) is 2.62. The quantitative estimate of drug-likeness (QED) is 0.719. The highest BCUT2D eigenvalue weighted by molar-refractivity contribution is 5.84. The predicted octanol–water partition coefficient (Wildman–Crippen LogP) is 0.308. The van der Waals surface area contributed by atoms with Crippen LogP contribution in [0.4, 0.5) is 0 Å². The Hall–Kier alpha value is -0.610. The minimum absolute atomic E-state index is 0.0336. The molecule has 4 nitrogen and oxygen atoms in total. The maximum atomic E-state index is 12.1. The van der Waals surface area contributed by atoms with Crippen LogP contribution in [0.25, 0.3) is 0 Å². The summed E-state index contributed by atoms with van der Waals surface area (Å²) in [6.07, 6.45) is 0. The van der Waals surface area contributed by atoms with Gasteiger partial charge in [-0.05, 0) is 34.7 Å². The number of rotatable bonds is 2. The molecule has 1 aliphatic rings. The highest BCUT2D eigenvalue weighted by Gasteiger charge is 2.43. The summed E-state index contributed by atoms with van der Waals surface area (Å²) in [5, 5.41) is 9.21. The number of aliphatic hydroxyl groups is 1. The molecule has 1 amide bonds. The van der Waals surface area contributed by atoms with Gasteiger partial charge in [-0.3, -0.25) is 9.69 Å². The monoisotopic (exact) mass is 214 g/mol. The van der Waals surface area contributed by atoms with Crippen molar-refractivity contribution in [3.8, 4) is 0 Å². The lowest BCUT2D eigenvalue weighted by Crippen LogP contribution is -2.67. The fourth-order valence-corrected chi connectivity index (χ4v) is 2.62. The molecule has 1 heterocycles. The molecule has 0 aromatic heterocycles. The van der Waals surface area contributed by atoms with Gasteiger partial charge in [-0.25, -0.2) is 0 Å². The molecule has 0 radical (unpaired) electrons. The molecule has 1 fully saturated rings. The third-order valence-electron chi connectivity index (χ3n) is 3.03. The molecule has 15 heavy (non-hydrogen) atoms. The molecule has 0 bridgehead atoms. The molecule has 88 valence electrons. The molecule has 1 aliphatic heterocycles. The van der Waals surface area contributed by atoms with Crippen molar-refractivity contribution < 1.29 is 9.90 Å². The molecule has 1 N–H and O–H groups in total. The molecule has 1 unspecified atom stereocenters. The lowest BCUT2D eigenvalue weighted by molar-refractivity contribution is -0.155. The van der Waals surface area contributed by atoms with Gasteiger partial charge in [-0.1, -0.05) is 0 Å². The summed E-state index contributed by atoms with van der Waals surface area (Å²) in [7, 11) is 1.89. The molecule has 0 aliphatic carbocycles. The van der Waals surface area contributed by atoms with Crippen molar-refractivity contribution in [2.24, 2.45) is 0 Å². The average Bonchev–Trinajstić information content (AvgIpc) is 2.00. The molecular formula is C11H22N2O2. The molecule has 0 spiro atoms. The molecule has 0 saturated carbocycles. The van der Waals surface area contributed by atoms with Crippen LogP contribution in [0.15, 0.2) is 0 Å². The van der Waals surface area contributed by atoms with E-state index in [9.17, 15) is 9.90 Å². The molecule has 1 atom stereocenters. The zero-order valence-corrected chi connectivity index (χ0v) is 10.3. The van der Waals surface area contributed by atoms with Gasteiger partial charge >= 0.3 is 0 Å². The van der Waals surface area contributed by atoms with Gasteiger partial charge in [0.25, 0.3) is 0 Å². The third-order valence-corrected chi connectivity index (χ3v) is 3.03. The first kappa shape index (κ1) is 12.5. The van der Waals surface area contributed by atoms with Gasteiger partial charge in [-0.15, -0.1) is 0 Å². The van der Waals surface area contributed by atoms with E-state index in [2.05, 4.69) is 13.8 Å².